The summed E-state index contributed by atoms with van der Waals surface area (Å²) in [6.45, 7) is -0.0592. The molecule has 1 saturated heterocycles. The third-order valence-corrected chi connectivity index (χ3v) is 9.90. The SMILES string of the molecule is O=C(O)C1=C(CSc2nnnn2CCO)CS[C@H]2C(NC(=O)C(=NOC3CCCC3)c3csc(NC(=O)C(F)(F)F)n3)C(=O)N12. The zero-order valence-electron chi connectivity index (χ0n) is 22.9. The Bertz CT molecular complexity index is 1540. The van der Waals surface area contributed by atoms with Gasteiger partial charge in [0.25, 0.3) is 11.8 Å². The molecule has 2 aromatic heterocycles. The number of halogens is 3. The van der Waals surface area contributed by atoms with E-state index in [1.807, 2.05) is 0 Å². The second-order valence-electron chi connectivity index (χ2n) is 9.76. The molecule has 4 heterocycles. The number of anilines is 1. The van der Waals surface area contributed by atoms with Gasteiger partial charge in [0, 0.05) is 16.9 Å². The lowest BCUT2D eigenvalue weighted by molar-refractivity contribution is -0.167. The molecule has 4 N–H and O–H groups in total. The van der Waals surface area contributed by atoms with Gasteiger partial charge in [0.05, 0.1) is 13.2 Å². The van der Waals surface area contributed by atoms with E-state index in [-0.39, 0.29) is 42.2 Å². The van der Waals surface area contributed by atoms with Crippen LogP contribution in [0.2, 0.25) is 0 Å². The predicted octanol–water partition coefficient (Wildman–Crippen LogP) is 0.817. The van der Waals surface area contributed by atoms with E-state index in [1.165, 1.54) is 21.8 Å². The van der Waals surface area contributed by atoms with Crippen molar-refractivity contribution in [2.75, 3.05) is 23.4 Å². The second kappa shape index (κ2) is 13.7. The number of aromatic nitrogens is 5. The Balaban J connectivity index is 1.31. The number of nitrogens with zero attached hydrogens (tertiary/aromatic N) is 7. The molecule has 2 atom stereocenters. The third kappa shape index (κ3) is 7.23. The van der Waals surface area contributed by atoms with Gasteiger partial charge in [0.15, 0.2) is 10.8 Å². The molecule has 16 nitrogen and oxygen atoms in total. The molecule has 242 valence electrons. The zero-order valence-corrected chi connectivity index (χ0v) is 25.3. The molecule has 0 aromatic carbocycles. The van der Waals surface area contributed by atoms with Crippen molar-refractivity contribution in [3.8, 4) is 0 Å². The lowest BCUT2D eigenvalue weighted by Crippen LogP contribution is -2.71. The molecule has 3 aliphatic rings. The number of thioether (sulfide) groups is 2. The van der Waals surface area contributed by atoms with Crippen LogP contribution in [0.15, 0.2) is 27.0 Å². The molecule has 1 aliphatic carbocycles. The molecule has 0 radical (unpaired) electrons. The van der Waals surface area contributed by atoms with Gasteiger partial charge < -0.3 is 20.4 Å². The number of aliphatic carboxylic acids is 1. The number of tetrazole rings is 1. The number of carbonyl (C=O) groups excluding carboxylic acids is 3. The number of rotatable bonds is 12. The summed E-state index contributed by atoms with van der Waals surface area (Å²) >= 11 is 2.98. The van der Waals surface area contributed by atoms with Gasteiger partial charge in [-0.15, -0.1) is 28.2 Å². The number of carboxylic acid groups (broad SMARTS) is 1. The van der Waals surface area contributed by atoms with Crippen LogP contribution in [0.5, 0.6) is 0 Å². The van der Waals surface area contributed by atoms with Crippen molar-refractivity contribution in [3.05, 3.63) is 22.3 Å². The van der Waals surface area contributed by atoms with Crippen LogP contribution in [0.3, 0.4) is 0 Å². The monoisotopic (exact) mass is 691 g/mol. The summed E-state index contributed by atoms with van der Waals surface area (Å²) in [5.41, 5.74) is -0.425. The summed E-state index contributed by atoms with van der Waals surface area (Å²) in [7, 11) is 0. The first-order chi connectivity index (χ1) is 21.5. The Kier molecular flexibility index (Phi) is 9.94. The van der Waals surface area contributed by atoms with Gasteiger partial charge in [-0.2, -0.15) is 13.2 Å². The first-order valence-electron chi connectivity index (χ1n) is 13.3. The van der Waals surface area contributed by atoms with E-state index < -0.39 is 52.1 Å². The zero-order chi connectivity index (χ0) is 32.3. The average molecular weight is 692 g/mol. The van der Waals surface area contributed by atoms with Crippen LogP contribution in [-0.4, -0.2) is 112 Å². The van der Waals surface area contributed by atoms with Gasteiger partial charge in [-0.05, 0) is 41.7 Å². The van der Waals surface area contributed by atoms with Crippen molar-refractivity contribution in [1.82, 2.24) is 35.4 Å². The van der Waals surface area contributed by atoms with Crippen molar-refractivity contribution < 1.29 is 47.4 Å². The Hall–Kier alpha value is -3.76. The number of amides is 3. The standard InChI is InChI=1S/C23H24F3N9O7S3/c24-23(25,26)20(41)29-21-27-12(9-44-21)13(31-42-11-3-1-2-4-11)16(37)28-14-17(38)35-15(19(39)40)10(7-43-18(14)35)8-45-22-30-32-33-34(22)5-6-36/h9,11,14,18,36H,1-8H2,(H,28,37)(H,39,40)(H,27,29,41)/t14?,18-/m0/s1. The van der Waals surface area contributed by atoms with E-state index in [0.29, 0.717) is 34.9 Å². The van der Waals surface area contributed by atoms with Crippen LogP contribution in [-0.2, 0) is 30.6 Å². The number of alkyl halides is 3. The largest absolute Gasteiger partial charge is 0.477 e. The molecule has 2 aromatic rings. The van der Waals surface area contributed by atoms with E-state index in [1.54, 1.807) is 5.32 Å². The molecular formula is C23H24F3N9O7S3. The van der Waals surface area contributed by atoms with Gasteiger partial charge in [-0.25, -0.2) is 14.5 Å². The van der Waals surface area contributed by atoms with Gasteiger partial charge in [-0.3, -0.25) is 24.6 Å². The van der Waals surface area contributed by atoms with E-state index in [0.717, 1.165) is 29.5 Å². The number of thiazole rings is 1. The second-order valence-corrected chi connectivity index (χ2v) is 12.7. The van der Waals surface area contributed by atoms with Crippen LogP contribution in [0, 0.1) is 0 Å². The number of hydrogen-bond donors (Lipinski definition) is 4. The number of carbonyl (C=O) groups is 4. The number of carboxylic acids is 1. The molecular weight excluding hydrogens is 668 g/mol. The Morgan fingerprint density at radius 1 is 1.24 bits per heavy atom. The van der Waals surface area contributed by atoms with Gasteiger partial charge in [0.2, 0.25) is 5.16 Å². The van der Waals surface area contributed by atoms with Crippen molar-refractivity contribution in [2.45, 2.75) is 61.1 Å². The molecule has 5 rings (SSSR count). The molecule has 1 unspecified atom stereocenters. The number of β-lactam (4-membered cyclic amide) rings is 1. The van der Waals surface area contributed by atoms with E-state index in [2.05, 4.69) is 31.0 Å². The van der Waals surface area contributed by atoms with Crippen molar-refractivity contribution >= 4 is 69.4 Å². The minimum Gasteiger partial charge on any atom is -0.477 e. The number of aliphatic hydroxyl groups excluding tert-OH is 1. The molecule has 0 spiro atoms. The van der Waals surface area contributed by atoms with Gasteiger partial charge >= 0.3 is 18.1 Å². The highest BCUT2D eigenvalue weighted by atomic mass is 32.2. The average Bonchev–Trinajstić information content (AvgIpc) is 3.77. The van der Waals surface area contributed by atoms with Crippen LogP contribution in [0.1, 0.15) is 31.4 Å². The summed E-state index contributed by atoms with van der Waals surface area (Å²) in [6.07, 6.45) is -2.32. The highest BCUT2D eigenvalue weighted by Gasteiger charge is 2.54. The molecule has 2 aliphatic heterocycles. The molecule has 22 heteroatoms. The molecule has 2 fully saturated rings. The highest BCUT2D eigenvalue weighted by molar-refractivity contribution is 8.01. The van der Waals surface area contributed by atoms with Crippen molar-refractivity contribution in [1.29, 1.82) is 0 Å². The van der Waals surface area contributed by atoms with E-state index >= 15 is 0 Å². The minimum atomic E-state index is -5.15. The lowest BCUT2D eigenvalue weighted by Gasteiger charge is -2.49. The van der Waals surface area contributed by atoms with E-state index in [9.17, 15) is 37.5 Å². The highest BCUT2D eigenvalue weighted by Crippen LogP contribution is 2.41. The third-order valence-electron chi connectivity index (χ3n) is 6.76. The van der Waals surface area contributed by atoms with Crippen molar-refractivity contribution in [3.63, 3.8) is 0 Å². The maximum absolute atomic E-state index is 13.4. The predicted molar refractivity (Wildman–Crippen MR) is 152 cm³/mol. The fourth-order valence-corrected chi connectivity index (χ4v) is 7.70. The van der Waals surface area contributed by atoms with Crippen LogP contribution >= 0.6 is 34.9 Å². The molecule has 45 heavy (non-hydrogen) atoms. The first-order valence-corrected chi connectivity index (χ1v) is 16.2. The van der Waals surface area contributed by atoms with E-state index in [4.69, 9.17) is 9.94 Å². The quantitative estimate of drug-likeness (QED) is 0.105. The maximum atomic E-state index is 13.4. The van der Waals surface area contributed by atoms with Crippen LogP contribution in [0.4, 0.5) is 18.3 Å². The smallest absolute Gasteiger partial charge is 0.471 e. The molecule has 3 amide bonds. The fraction of sp³-hybridized carbons (Fsp3) is 0.522. The number of fused-ring (bicyclic) bond motifs is 1. The molecule has 0 bridgehead atoms. The van der Waals surface area contributed by atoms with Crippen LogP contribution < -0.4 is 10.6 Å². The summed E-state index contributed by atoms with van der Waals surface area (Å²) in [5.74, 6) is -4.86. The maximum Gasteiger partial charge on any atom is 0.471 e. The summed E-state index contributed by atoms with van der Waals surface area (Å²) in [4.78, 5) is 60.6. The summed E-state index contributed by atoms with van der Waals surface area (Å²) in [5, 5.41) is 38.7. The Morgan fingerprint density at radius 2 is 2.00 bits per heavy atom. The first kappa shape index (κ1) is 32.6. The number of hydrogen-bond acceptors (Lipinski definition) is 14. The summed E-state index contributed by atoms with van der Waals surface area (Å²) in [6, 6.07) is -1.15. The number of nitrogens with one attached hydrogen (secondary N) is 2. The van der Waals surface area contributed by atoms with Gasteiger partial charge in [-0.1, -0.05) is 16.9 Å². The Morgan fingerprint density at radius 3 is 2.69 bits per heavy atom. The molecule has 1 saturated carbocycles. The normalized spacial score (nSPS) is 20.6. The summed E-state index contributed by atoms with van der Waals surface area (Å²) < 4.78 is 39.4. The van der Waals surface area contributed by atoms with Crippen LogP contribution in [0.25, 0.3) is 0 Å². The number of oxime groups is 1. The minimum absolute atomic E-state index is 0.139. The van der Waals surface area contributed by atoms with Gasteiger partial charge in [0.1, 0.15) is 28.9 Å². The lowest BCUT2D eigenvalue weighted by atomic mass is 10.0. The van der Waals surface area contributed by atoms with Crippen molar-refractivity contribution in [2.24, 2.45) is 5.16 Å². The fourth-order valence-electron chi connectivity index (χ4n) is 4.62. The Labute approximate surface area is 263 Å². The topological polar surface area (TPSA) is 214 Å². The number of aliphatic hydroxyl groups is 1.